The van der Waals surface area contributed by atoms with Crippen molar-refractivity contribution in [3.63, 3.8) is 0 Å². The van der Waals surface area contributed by atoms with Gasteiger partial charge < -0.3 is 10.0 Å². The molecule has 3 rings (SSSR count). The topological polar surface area (TPSA) is 48.7 Å². The fourth-order valence-electron chi connectivity index (χ4n) is 2.77. The Bertz CT molecular complexity index is 748. The highest BCUT2D eigenvalue weighted by Gasteiger charge is 2.29. The highest BCUT2D eigenvalue weighted by Crippen LogP contribution is 2.34. The van der Waals surface area contributed by atoms with E-state index in [-0.39, 0.29) is 6.17 Å². The van der Waals surface area contributed by atoms with E-state index in [0.29, 0.717) is 11.6 Å². The van der Waals surface area contributed by atoms with Crippen LogP contribution in [0.25, 0.3) is 5.70 Å². The monoisotopic (exact) mass is 341 g/mol. The van der Waals surface area contributed by atoms with Gasteiger partial charge in [-0.2, -0.15) is 0 Å². The third-order valence-electron chi connectivity index (χ3n) is 3.74. The minimum atomic E-state index is -0.862. The number of pyridine rings is 1. The standard InChI is InChI=1S/C19H20ClN3O/c1-19(2,24)13-23-17(14-5-7-16(20)8-6-14)9-11-22-18(23)15-4-3-10-21-12-15/h3-12,18,24H,13H2,1-2H3. The van der Waals surface area contributed by atoms with Gasteiger partial charge in [-0.05, 0) is 43.7 Å². The molecule has 1 N–H and O–H groups in total. The largest absolute Gasteiger partial charge is 0.389 e. The van der Waals surface area contributed by atoms with Gasteiger partial charge >= 0.3 is 0 Å². The van der Waals surface area contributed by atoms with Gasteiger partial charge in [-0.1, -0.05) is 29.8 Å². The Labute approximate surface area is 147 Å². The van der Waals surface area contributed by atoms with Gasteiger partial charge in [-0.15, -0.1) is 0 Å². The number of nitrogens with zero attached hydrogens (tertiary/aromatic N) is 3. The van der Waals surface area contributed by atoms with E-state index < -0.39 is 5.60 Å². The second kappa shape index (κ2) is 6.75. The molecule has 1 aliphatic rings. The zero-order valence-corrected chi connectivity index (χ0v) is 14.5. The zero-order chi connectivity index (χ0) is 17.2. The molecule has 0 spiro atoms. The van der Waals surface area contributed by atoms with Crippen molar-refractivity contribution < 1.29 is 5.11 Å². The van der Waals surface area contributed by atoms with Gasteiger partial charge in [0.1, 0.15) is 6.17 Å². The van der Waals surface area contributed by atoms with E-state index in [2.05, 4.69) is 14.9 Å². The van der Waals surface area contributed by atoms with Crippen molar-refractivity contribution in [1.29, 1.82) is 0 Å². The lowest BCUT2D eigenvalue weighted by atomic mass is 10.0. The second-order valence-corrected chi connectivity index (χ2v) is 6.89. The summed E-state index contributed by atoms with van der Waals surface area (Å²) in [5.41, 5.74) is 2.15. The molecule has 1 unspecified atom stereocenters. The molecule has 2 aromatic rings. The number of hydrogen-bond donors (Lipinski definition) is 1. The average Bonchev–Trinajstić information content (AvgIpc) is 2.55. The fourth-order valence-corrected chi connectivity index (χ4v) is 2.90. The number of aromatic nitrogens is 1. The number of halogens is 1. The summed E-state index contributed by atoms with van der Waals surface area (Å²) in [4.78, 5) is 10.9. The molecule has 1 atom stereocenters. The first-order chi connectivity index (χ1) is 11.4. The second-order valence-electron chi connectivity index (χ2n) is 6.46. The van der Waals surface area contributed by atoms with E-state index in [1.54, 1.807) is 20.0 Å². The molecule has 5 heteroatoms. The van der Waals surface area contributed by atoms with Crippen LogP contribution in [0.15, 0.2) is 59.9 Å². The van der Waals surface area contributed by atoms with Crippen LogP contribution in [0.4, 0.5) is 0 Å². The van der Waals surface area contributed by atoms with Crippen LogP contribution in [-0.4, -0.2) is 33.4 Å². The summed E-state index contributed by atoms with van der Waals surface area (Å²) in [5.74, 6) is 0. The van der Waals surface area contributed by atoms with Crippen LogP contribution in [0.3, 0.4) is 0 Å². The van der Waals surface area contributed by atoms with E-state index in [0.717, 1.165) is 16.8 Å². The molecule has 24 heavy (non-hydrogen) atoms. The van der Waals surface area contributed by atoms with E-state index in [1.807, 2.05) is 54.9 Å². The van der Waals surface area contributed by atoms with Gasteiger partial charge in [0.25, 0.3) is 0 Å². The lowest BCUT2D eigenvalue weighted by Crippen LogP contribution is -2.40. The maximum atomic E-state index is 10.4. The predicted molar refractivity (Wildman–Crippen MR) is 97.9 cm³/mol. The molecule has 4 nitrogen and oxygen atoms in total. The number of β-amino-alcohol motifs (C(OH)–C–C–N with tert-alkyl or cyclic N) is 1. The Morgan fingerprint density at radius 2 is 1.96 bits per heavy atom. The molecular formula is C19H20ClN3O. The Morgan fingerprint density at radius 1 is 1.21 bits per heavy atom. The van der Waals surface area contributed by atoms with Crippen LogP contribution in [0.5, 0.6) is 0 Å². The number of aliphatic hydroxyl groups is 1. The quantitative estimate of drug-likeness (QED) is 0.916. The summed E-state index contributed by atoms with van der Waals surface area (Å²) in [6.07, 6.45) is 7.10. The molecule has 1 aromatic heterocycles. The van der Waals surface area contributed by atoms with Crippen LogP contribution in [0, 0.1) is 0 Å². The molecule has 0 amide bonds. The third-order valence-corrected chi connectivity index (χ3v) is 4.00. The van der Waals surface area contributed by atoms with Gasteiger partial charge in [-0.3, -0.25) is 9.98 Å². The Balaban J connectivity index is 2.01. The van der Waals surface area contributed by atoms with Gasteiger partial charge in [0.15, 0.2) is 0 Å². The van der Waals surface area contributed by atoms with Crippen molar-refractivity contribution in [3.8, 4) is 0 Å². The lowest BCUT2D eigenvalue weighted by molar-refractivity contribution is 0.0431. The molecule has 0 radical (unpaired) electrons. The Kier molecular flexibility index (Phi) is 4.69. The molecule has 0 aliphatic carbocycles. The summed E-state index contributed by atoms with van der Waals surface area (Å²) in [5, 5.41) is 11.1. The molecular weight excluding hydrogens is 322 g/mol. The number of benzene rings is 1. The van der Waals surface area contributed by atoms with Gasteiger partial charge in [0.2, 0.25) is 0 Å². The maximum absolute atomic E-state index is 10.4. The van der Waals surface area contributed by atoms with E-state index >= 15 is 0 Å². The van der Waals surface area contributed by atoms with Gasteiger partial charge in [0.05, 0.1) is 5.60 Å². The predicted octanol–water partition coefficient (Wildman–Crippen LogP) is 3.93. The highest BCUT2D eigenvalue weighted by molar-refractivity contribution is 6.30. The first-order valence-corrected chi connectivity index (χ1v) is 8.20. The normalized spacial score (nSPS) is 17.8. The third kappa shape index (κ3) is 3.83. The van der Waals surface area contributed by atoms with Crippen LogP contribution < -0.4 is 0 Å². The minimum absolute atomic E-state index is 0.221. The smallest absolute Gasteiger partial charge is 0.148 e. The molecule has 0 fully saturated rings. The molecule has 0 saturated carbocycles. The molecule has 1 aliphatic heterocycles. The summed E-state index contributed by atoms with van der Waals surface area (Å²) in [7, 11) is 0. The van der Waals surface area contributed by atoms with E-state index in [4.69, 9.17) is 11.6 Å². The summed E-state index contributed by atoms with van der Waals surface area (Å²) < 4.78 is 0. The summed E-state index contributed by atoms with van der Waals surface area (Å²) >= 11 is 6.01. The molecule has 124 valence electrons. The Hall–Kier alpha value is -2.17. The van der Waals surface area contributed by atoms with E-state index in [1.165, 1.54) is 0 Å². The van der Waals surface area contributed by atoms with Crippen molar-refractivity contribution >= 4 is 23.5 Å². The van der Waals surface area contributed by atoms with Crippen LogP contribution >= 0.6 is 11.6 Å². The zero-order valence-electron chi connectivity index (χ0n) is 13.7. The van der Waals surface area contributed by atoms with Crippen molar-refractivity contribution in [2.24, 2.45) is 4.99 Å². The van der Waals surface area contributed by atoms with Crippen molar-refractivity contribution in [3.05, 3.63) is 71.0 Å². The van der Waals surface area contributed by atoms with E-state index in [9.17, 15) is 5.11 Å². The summed E-state index contributed by atoms with van der Waals surface area (Å²) in [6.45, 7) is 4.04. The molecule has 2 heterocycles. The molecule has 0 bridgehead atoms. The van der Waals surface area contributed by atoms with Gasteiger partial charge in [-0.25, -0.2) is 0 Å². The molecule has 1 aromatic carbocycles. The van der Waals surface area contributed by atoms with Crippen molar-refractivity contribution in [2.75, 3.05) is 6.54 Å². The SMILES string of the molecule is CC(C)(O)CN1C(c2ccc(Cl)cc2)=CC=NC1c1cccnc1. The maximum Gasteiger partial charge on any atom is 0.148 e. The fraction of sp³-hybridized carbons (Fsp3) is 0.263. The first-order valence-electron chi connectivity index (χ1n) is 7.82. The Morgan fingerprint density at radius 3 is 2.58 bits per heavy atom. The van der Waals surface area contributed by atoms with Gasteiger partial charge in [0, 0.05) is 41.4 Å². The number of hydrogen-bond acceptors (Lipinski definition) is 4. The number of rotatable bonds is 4. The number of allylic oxidation sites excluding steroid dienone is 1. The molecule has 0 saturated heterocycles. The van der Waals surface area contributed by atoms with Crippen molar-refractivity contribution in [2.45, 2.75) is 25.6 Å². The van der Waals surface area contributed by atoms with Crippen LogP contribution in [0.2, 0.25) is 5.02 Å². The average molecular weight is 342 g/mol. The minimum Gasteiger partial charge on any atom is -0.389 e. The lowest BCUT2D eigenvalue weighted by Gasteiger charge is -2.38. The highest BCUT2D eigenvalue weighted by atomic mass is 35.5. The van der Waals surface area contributed by atoms with Crippen molar-refractivity contribution in [1.82, 2.24) is 9.88 Å². The summed E-state index contributed by atoms with van der Waals surface area (Å²) in [6, 6.07) is 11.6. The van der Waals surface area contributed by atoms with Crippen LogP contribution in [-0.2, 0) is 0 Å². The van der Waals surface area contributed by atoms with Crippen LogP contribution in [0.1, 0.15) is 31.1 Å². The number of aliphatic imine (C=N–C) groups is 1. The first kappa shape index (κ1) is 16.7.